The SMILES string of the molecule is CCCCCNC(=O)CCNC(=O)CC(C)C. The van der Waals surface area contributed by atoms with Gasteiger partial charge in [0.25, 0.3) is 0 Å². The summed E-state index contributed by atoms with van der Waals surface area (Å²) < 4.78 is 0. The number of hydrogen-bond acceptors (Lipinski definition) is 2. The predicted molar refractivity (Wildman–Crippen MR) is 69.6 cm³/mol. The molecule has 100 valence electrons. The molecule has 0 aromatic rings. The fourth-order valence-corrected chi connectivity index (χ4v) is 1.45. The van der Waals surface area contributed by atoms with Crippen LogP contribution in [0.3, 0.4) is 0 Å². The van der Waals surface area contributed by atoms with Crippen LogP contribution in [0.25, 0.3) is 0 Å². The van der Waals surface area contributed by atoms with E-state index in [9.17, 15) is 9.59 Å². The summed E-state index contributed by atoms with van der Waals surface area (Å²) in [5, 5.41) is 5.59. The highest BCUT2D eigenvalue weighted by molar-refractivity contribution is 5.78. The van der Waals surface area contributed by atoms with Gasteiger partial charge in [-0.05, 0) is 12.3 Å². The van der Waals surface area contributed by atoms with Crippen molar-refractivity contribution in [3.63, 3.8) is 0 Å². The van der Waals surface area contributed by atoms with Gasteiger partial charge in [-0.2, -0.15) is 0 Å². The van der Waals surface area contributed by atoms with Crippen LogP contribution in [0, 0.1) is 5.92 Å². The molecule has 0 saturated carbocycles. The minimum atomic E-state index is 0.0194. The third-order valence-corrected chi connectivity index (χ3v) is 2.37. The van der Waals surface area contributed by atoms with Crippen molar-refractivity contribution in [2.45, 2.75) is 52.9 Å². The van der Waals surface area contributed by atoms with Crippen molar-refractivity contribution in [3.05, 3.63) is 0 Å². The predicted octanol–water partition coefficient (Wildman–Crippen LogP) is 1.85. The second kappa shape index (κ2) is 10.1. The van der Waals surface area contributed by atoms with E-state index in [0.717, 1.165) is 25.8 Å². The van der Waals surface area contributed by atoms with Gasteiger partial charge in [-0.15, -0.1) is 0 Å². The highest BCUT2D eigenvalue weighted by Crippen LogP contribution is 1.97. The Hall–Kier alpha value is -1.06. The normalized spacial score (nSPS) is 10.4. The third kappa shape index (κ3) is 11.2. The first-order valence-corrected chi connectivity index (χ1v) is 6.59. The number of hydrogen-bond donors (Lipinski definition) is 2. The van der Waals surface area contributed by atoms with E-state index in [4.69, 9.17) is 0 Å². The lowest BCUT2D eigenvalue weighted by Crippen LogP contribution is -2.31. The van der Waals surface area contributed by atoms with Gasteiger partial charge in [-0.1, -0.05) is 33.6 Å². The first-order valence-electron chi connectivity index (χ1n) is 6.59. The molecule has 0 spiro atoms. The lowest BCUT2D eigenvalue weighted by molar-refractivity contribution is -0.122. The van der Waals surface area contributed by atoms with Gasteiger partial charge in [-0.25, -0.2) is 0 Å². The Bertz CT molecular complexity index is 227. The smallest absolute Gasteiger partial charge is 0.221 e. The van der Waals surface area contributed by atoms with Crippen molar-refractivity contribution < 1.29 is 9.59 Å². The molecule has 0 heterocycles. The molecule has 2 amide bonds. The fourth-order valence-electron chi connectivity index (χ4n) is 1.45. The minimum absolute atomic E-state index is 0.0194. The van der Waals surface area contributed by atoms with Crippen LogP contribution in [0.5, 0.6) is 0 Å². The molecule has 0 atom stereocenters. The molecule has 2 N–H and O–H groups in total. The zero-order valence-electron chi connectivity index (χ0n) is 11.3. The largest absolute Gasteiger partial charge is 0.356 e. The lowest BCUT2D eigenvalue weighted by atomic mass is 10.1. The Morgan fingerprint density at radius 3 is 2.24 bits per heavy atom. The first-order chi connectivity index (χ1) is 8.06. The molecule has 0 aromatic carbocycles. The van der Waals surface area contributed by atoms with Gasteiger partial charge in [0, 0.05) is 25.9 Å². The van der Waals surface area contributed by atoms with Crippen LogP contribution in [-0.2, 0) is 9.59 Å². The van der Waals surface area contributed by atoms with E-state index >= 15 is 0 Å². The van der Waals surface area contributed by atoms with Gasteiger partial charge in [0.2, 0.25) is 11.8 Å². The summed E-state index contributed by atoms with van der Waals surface area (Å²) in [6, 6.07) is 0. The Kier molecular flexibility index (Phi) is 9.49. The van der Waals surface area contributed by atoms with E-state index in [2.05, 4.69) is 17.6 Å². The van der Waals surface area contributed by atoms with Gasteiger partial charge in [0.1, 0.15) is 0 Å². The molecule has 0 aliphatic rings. The molecule has 0 aromatic heterocycles. The van der Waals surface area contributed by atoms with Crippen molar-refractivity contribution in [2.75, 3.05) is 13.1 Å². The number of rotatable bonds is 9. The van der Waals surface area contributed by atoms with E-state index < -0.39 is 0 Å². The van der Waals surface area contributed by atoms with E-state index in [0.29, 0.717) is 25.3 Å². The van der Waals surface area contributed by atoms with Crippen molar-refractivity contribution in [3.8, 4) is 0 Å². The third-order valence-electron chi connectivity index (χ3n) is 2.37. The average Bonchev–Trinajstić information content (AvgIpc) is 2.23. The van der Waals surface area contributed by atoms with Crippen LogP contribution in [0.2, 0.25) is 0 Å². The van der Waals surface area contributed by atoms with Gasteiger partial charge in [0.15, 0.2) is 0 Å². The number of carbonyl (C=O) groups excluding carboxylic acids is 2. The standard InChI is InChI=1S/C13H26N2O2/c1-4-5-6-8-14-12(16)7-9-15-13(17)10-11(2)3/h11H,4-10H2,1-3H3,(H,14,16)(H,15,17). The molecule has 0 radical (unpaired) electrons. The molecule has 0 unspecified atom stereocenters. The molecule has 0 rings (SSSR count). The monoisotopic (exact) mass is 242 g/mol. The average molecular weight is 242 g/mol. The minimum Gasteiger partial charge on any atom is -0.356 e. The molecule has 0 saturated heterocycles. The second-order valence-electron chi connectivity index (χ2n) is 4.75. The van der Waals surface area contributed by atoms with Crippen LogP contribution in [0.15, 0.2) is 0 Å². The number of nitrogens with one attached hydrogen (secondary N) is 2. The summed E-state index contributed by atoms with van der Waals surface area (Å²) >= 11 is 0. The van der Waals surface area contributed by atoms with E-state index in [1.54, 1.807) is 0 Å². The highest BCUT2D eigenvalue weighted by Gasteiger charge is 2.05. The van der Waals surface area contributed by atoms with Crippen LogP contribution < -0.4 is 10.6 Å². The Morgan fingerprint density at radius 2 is 1.65 bits per heavy atom. The highest BCUT2D eigenvalue weighted by atomic mass is 16.2. The molecule has 0 fully saturated rings. The summed E-state index contributed by atoms with van der Waals surface area (Å²) in [4.78, 5) is 22.6. The first kappa shape index (κ1) is 15.9. The summed E-state index contributed by atoms with van der Waals surface area (Å²) in [6.07, 6.45) is 4.22. The second-order valence-corrected chi connectivity index (χ2v) is 4.75. The topological polar surface area (TPSA) is 58.2 Å². The van der Waals surface area contributed by atoms with Crippen molar-refractivity contribution in [1.82, 2.24) is 10.6 Å². The van der Waals surface area contributed by atoms with Crippen LogP contribution in [0.4, 0.5) is 0 Å². The van der Waals surface area contributed by atoms with Crippen LogP contribution in [0.1, 0.15) is 52.9 Å². The van der Waals surface area contributed by atoms with Crippen LogP contribution >= 0.6 is 0 Å². The zero-order chi connectivity index (χ0) is 13.1. The summed E-state index contributed by atoms with van der Waals surface area (Å²) in [6.45, 7) is 7.31. The van der Waals surface area contributed by atoms with E-state index in [1.165, 1.54) is 0 Å². The van der Waals surface area contributed by atoms with Gasteiger partial charge in [0.05, 0.1) is 0 Å². The molecule has 4 heteroatoms. The quantitative estimate of drug-likeness (QED) is 0.606. The van der Waals surface area contributed by atoms with E-state index in [1.807, 2.05) is 13.8 Å². The maximum absolute atomic E-state index is 11.3. The molecular weight excluding hydrogens is 216 g/mol. The fraction of sp³-hybridized carbons (Fsp3) is 0.846. The zero-order valence-corrected chi connectivity index (χ0v) is 11.3. The summed E-state index contributed by atoms with van der Waals surface area (Å²) in [5.74, 6) is 0.405. The summed E-state index contributed by atoms with van der Waals surface area (Å²) in [7, 11) is 0. The molecule has 0 aliphatic heterocycles. The van der Waals surface area contributed by atoms with Crippen molar-refractivity contribution >= 4 is 11.8 Å². The molecular formula is C13H26N2O2. The van der Waals surface area contributed by atoms with Crippen molar-refractivity contribution in [1.29, 1.82) is 0 Å². The van der Waals surface area contributed by atoms with Gasteiger partial charge >= 0.3 is 0 Å². The maximum atomic E-state index is 11.3. The Labute approximate surface area is 105 Å². The Balaban J connectivity index is 3.41. The van der Waals surface area contributed by atoms with Gasteiger partial charge in [-0.3, -0.25) is 9.59 Å². The molecule has 0 bridgehead atoms. The molecule has 17 heavy (non-hydrogen) atoms. The summed E-state index contributed by atoms with van der Waals surface area (Å²) in [5.41, 5.74) is 0. The maximum Gasteiger partial charge on any atom is 0.221 e. The van der Waals surface area contributed by atoms with Gasteiger partial charge < -0.3 is 10.6 Å². The molecule has 4 nitrogen and oxygen atoms in total. The van der Waals surface area contributed by atoms with Crippen molar-refractivity contribution in [2.24, 2.45) is 5.92 Å². The number of carbonyl (C=O) groups is 2. The number of unbranched alkanes of at least 4 members (excludes halogenated alkanes) is 2. The Morgan fingerprint density at radius 1 is 1.00 bits per heavy atom. The molecule has 0 aliphatic carbocycles. The van der Waals surface area contributed by atoms with E-state index in [-0.39, 0.29) is 11.8 Å². The lowest BCUT2D eigenvalue weighted by Gasteiger charge is -2.07. The van der Waals surface area contributed by atoms with Crippen LogP contribution in [-0.4, -0.2) is 24.9 Å². The number of amides is 2.